The first-order valence-electron chi connectivity index (χ1n) is 6.08. The second kappa shape index (κ2) is 4.46. The Morgan fingerprint density at radius 3 is 2.75 bits per heavy atom. The molecule has 2 heteroatoms. The first-order chi connectivity index (χ1) is 7.54. The maximum Gasteiger partial charge on any atom is 0.119 e. The first kappa shape index (κ1) is 11.5. The fraction of sp³-hybridized carbons (Fsp3) is 0.571. The molecule has 1 aromatic carbocycles. The minimum atomic E-state index is -0.142. The number of hydrogen-bond donors (Lipinski definition) is 1. The zero-order valence-corrected chi connectivity index (χ0v) is 10.3. The topological polar surface area (TPSA) is 35.2 Å². The maximum absolute atomic E-state index is 5.91. The molecule has 0 aliphatic heterocycles. The van der Waals surface area contributed by atoms with Crippen LogP contribution in [0.2, 0.25) is 0 Å². The number of ether oxygens (including phenoxy) is 1. The summed E-state index contributed by atoms with van der Waals surface area (Å²) in [6, 6.07) is 6.46. The van der Waals surface area contributed by atoms with Crippen LogP contribution < -0.4 is 10.5 Å². The molecule has 0 saturated carbocycles. The highest BCUT2D eigenvalue weighted by atomic mass is 16.5. The van der Waals surface area contributed by atoms with Crippen LogP contribution in [0.4, 0.5) is 0 Å². The van der Waals surface area contributed by atoms with Gasteiger partial charge in [-0.2, -0.15) is 0 Å². The van der Waals surface area contributed by atoms with Gasteiger partial charge in [0.15, 0.2) is 0 Å². The third kappa shape index (κ3) is 2.99. The predicted octanol–water partition coefficient (Wildman–Crippen LogP) is 2.68. The summed E-state index contributed by atoms with van der Waals surface area (Å²) in [5.41, 5.74) is 8.72. The number of benzene rings is 1. The van der Waals surface area contributed by atoms with Crippen molar-refractivity contribution in [2.75, 3.05) is 6.61 Å². The summed E-state index contributed by atoms with van der Waals surface area (Å²) < 4.78 is 5.73. The summed E-state index contributed by atoms with van der Waals surface area (Å²) in [5, 5.41) is 0. The summed E-state index contributed by atoms with van der Waals surface area (Å²) in [5.74, 6) is 0.991. The molecule has 0 bridgehead atoms. The Kier molecular flexibility index (Phi) is 3.20. The van der Waals surface area contributed by atoms with E-state index in [0.717, 1.165) is 12.2 Å². The highest BCUT2D eigenvalue weighted by molar-refractivity contribution is 5.38. The van der Waals surface area contributed by atoms with Crippen molar-refractivity contribution < 1.29 is 4.74 Å². The number of aryl methyl sites for hydroxylation is 2. The molecule has 0 unspecified atom stereocenters. The van der Waals surface area contributed by atoms with Gasteiger partial charge in [0, 0.05) is 5.54 Å². The second-order valence-electron chi connectivity index (χ2n) is 5.37. The van der Waals surface area contributed by atoms with Gasteiger partial charge >= 0.3 is 0 Å². The molecule has 2 nitrogen and oxygen atoms in total. The van der Waals surface area contributed by atoms with Crippen LogP contribution in [-0.4, -0.2) is 12.1 Å². The summed E-state index contributed by atoms with van der Waals surface area (Å²) in [7, 11) is 0. The van der Waals surface area contributed by atoms with Gasteiger partial charge in [0.1, 0.15) is 5.75 Å². The van der Waals surface area contributed by atoms with E-state index < -0.39 is 0 Å². The van der Waals surface area contributed by atoms with Crippen molar-refractivity contribution in [2.45, 2.75) is 45.1 Å². The quantitative estimate of drug-likeness (QED) is 0.845. The van der Waals surface area contributed by atoms with Crippen molar-refractivity contribution in [2.24, 2.45) is 5.73 Å². The predicted molar refractivity (Wildman–Crippen MR) is 66.8 cm³/mol. The molecule has 2 rings (SSSR count). The van der Waals surface area contributed by atoms with Gasteiger partial charge < -0.3 is 10.5 Å². The number of hydrogen-bond acceptors (Lipinski definition) is 2. The van der Waals surface area contributed by atoms with Gasteiger partial charge in [0.05, 0.1) is 6.61 Å². The Morgan fingerprint density at radius 2 is 2.00 bits per heavy atom. The number of nitrogens with two attached hydrogens (primary N) is 1. The van der Waals surface area contributed by atoms with Crippen LogP contribution in [0.1, 0.15) is 37.8 Å². The molecule has 0 fully saturated rings. The van der Waals surface area contributed by atoms with E-state index in [-0.39, 0.29) is 5.54 Å². The molecule has 88 valence electrons. The van der Waals surface area contributed by atoms with Crippen molar-refractivity contribution in [1.82, 2.24) is 0 Å². The normalized spacial score (nSPS) is 14.9. The standard InChI is InChI=1S/C14H21NO/c1-14(2,15)8-9-16-13-7-6-11-4-3-5-12(11)10-13/h6-7,10H,3-5,8-9,15H2,1-2H3. The fourth-order valence-corrected chi connectivity index (χ4v) is 2.07. The molecular formula is C14H21NO. The molecule has 2 N–H and O–H groups in total. The minimum absolute atomic E-state index is 0.142. The smallest absolute Gasteiger partial charge is 0.119 e. The van der Waals surface area contributed by atoms with Crippen molar-refractivity contribution >= 4 is 0 Å². The highest BCUT2D eigenvalue weighted by Gasteiger charge is 2.13. The van der Waals surface area contributed by atoms with Crippen LogP contribution in [-0.2, 0) is 12.8 Å². The summed E-state index contributed by atoms with van der Waals surface area (Å²) >= 11 is 0. The van der Waals surface area contributed by atoms with E-state index in [1.807, 2.05) is 13.8 Å². The van der Waals surface area contributed by atoms with E-state index in [4.69, 9.17) is 10.5 Å². The van der Waals surface area contributed by atoms with Gasteiger partial charge in [-0.25, -0.2) is 0 Å². The first-order valence-corrected chi connectivity index (χ1v) is 6.08. The van der Waals surface area contributed by atoms with E-state index >= 15 is 0 Å². The van der Waals surface area contributed by atoms with Crippen LogP contribution >= 0.6 is 0 Å². The van der Waals surface area contributed by atoms with E-state index in [0.29, 0.717) is 6.61 Å². The third-order valence-electron chi connectivity index (χ3n) is 3.09. The zero-order valence-electron chi connectivity index (χ0n) is 10.3. The van der Waals surface area contributed by atoms with Crippen LogP contribution in [0, 0.1) is 0 Å². The number of rotatable bonds is 4. The van der Waals surface area contributed by atoms with Crippen molar-refractivity contribution in [3.63, 3.8) is 0 Å². The van der Waals surface area contributed by atoms with Gasteiger partial charge in [-0.1, -0.05) is 6.07 Å². The fourth-order valence-electron chi connectivity index (χ4n) is 2.07. The van der Waals surface area contributed by atoms with Gasteiger partial charge in [0.2, 0.25) is 0 Å². The largest absolute Gasteiger partial charge is 0.494 e. The Bertz CT molecular complexity index is 365. The zero-order chi connectivity index (χ0) is 11.6. The summed E-state index contributed by atoms with van der Waals surface area (Å²) in [6.07, 6.45) is 4.60. The monoisotopic (exact) mass is 219 g/mol. The van der Waals surface area contributed by atoms with Crippen LogP contribution in [0.5, 0.6) is 5.75 Å². The summed E-state index contributed by atoms with van der Waals surface area (Å²) in [4.78, 5) is 0. The molecule has 0 atom stereocenters. The van der Waals surface area contributed by atoms with Gasteiger partial charge in [-0.05, 0) is 62.8 Å². The van der Waals surface area contributed by atoms with E-state index in [1.165, 1.54) is 30.4 Å². The lowest BCUT2D eigenvalue weighted by atomic mass is 10.0. The average molecular weight is 219 g/mol. The molecule has 1 aliphatic rings. The Labute approximate surface area is 97.8 Å². The van der Waals surface area contributed by atoms with E-state index in [2.05, 4.69) is 18.2 Å². The Balaban J connectivity index is 1.91. The SMILES string of the molecule is CC(C)(N)CCOc1ccc2c(c1)CCC2. The van der Waals surface area contributed by atoms with E-state index in [9.17, 15) is 0 Å². The molecular weight excluding hydrogens is 198 g/mol. The Morgan fingerprint density at radius 1 is 1.25 bits per heavy atom. The third-order valence-corrected chi connectivity index (χ3v) is 3.09. The minimum Gasteiger partial charge on any atom is -0.494 e. The molecule has 1 aromatic rings. The molecule has 0 spiro atoms. The highest BCUT2D eigenvalue weighted by Crippen LogP contribution is 2.26. The van der Waals surface area contributed by atoms with Crippen molar-refractivity contribution in [3.8, 4) is 5.75 Å². The van der Waals surface area contributed by atoms with Crippen molar-refractivity contribution in [1.29, 1.82) is 0 Å². The van der Waals surface area contributed by atoms with Crippen LogP contribution in [0.15, 0.2) is 18.2 Å². The summed E-state index contributed by atoms with van der Waals surface area (Å²) in [6.45, 7) is 4.75. The lowest BCUT2D eigenvalue weighted by molar-refractivity contribution is 0.274. The number of fused-ring (bicyclic) bond motifs is 1. The van der Waals surface area contributed by atoms with Gasteiger partial charge in [-0.3, -0.25) is 0 Å². The van der Waals surface area contributed by atoms with Crippen LogP contribution in [0.25, 0.3) is 0 Å². The Hall–Kier alpha value is -1.02. The molecule has 0 aromatic heterocycles. The average Bonchev–Trinajstić information content (AvgIpc) is 2.62. The molecule has 1 aliphatic carbocycles. The van der Waals surface area contributed by atoms with Gasteiger partial charge in [-0.15, -0.1) is 0 Å². The lowest BCUT2D eigenvalue weighted by Crippen LogP contribution is -2.33. The maximum atomic E-state index is 5.91. The van der Waals surface area contributed by atoms with Crippen molar-refractivity contribution in [3.05, 3.63) is 29.3 Å². The molecule has 0 heterocycles. The van der Waals surface area contributed by atoms with E-state index in [1.54, 1.807) is 0 Å². The van der Waals surface area contributed by atoms with Gasteiger partial charge in [0.25, 0.3) is 0 Å². The molecule has 16 heavy (non-hydrogen) atoms. The molecule has 0 saturated heterocycles. The lowest BCUT2D eigenvalue weighted by Gasteiger charge is -2.18. The second-order valence-corrected chi connectivity index (χ2v) is 5.37. The molecule has 0 radical (unpaired) electrons. The van der Waals surface area contributed by atoms with Crippen LogP contribution in [0.3, 0.4) is 0 Å². The molecule has 0 amide bonds.